The van der Waals surface area contributed by atoms with Crippen LogP contribution in [0, 0.1) is 0 Å². The molecule has 2 rings (SSSR count). The van der Waals surface area contributed by atoms with Crippen LogP contribution in [0.1, 0.15) is 19.8 Å². The predicted octanol–water partition coefficient (Wildman–Crippen LogP) is 1.26. The fraction of sp³-hybridized carbons (Fsp3) is 0.526. The quantitative estimate of drug-likeness (QED) is 0.689. The zero-order valence-electron chi connectivity index (χ0n) is 15.7. The van der Waals surface area contributed by atoms with Crippen molar-refractivity contribution in [2.75, 3.05) is 45.9 Å². The van der Waals surface area contributed by atoms with E-state index in [9.17, 15) is 14.4 Å². The lowest BCUT2D eigenvalue weighted by molar-refractivity contribution is -0.134. The second-order valence-corrected chi connectivity index (χ2v) is 6.11. The van der Waals surface area contributed by atoms with Crippen LogP contribution in [-0.4, -0.2) is 73.6 Å². The van der Waals surface area contributed by atoms with Gasteiger partial charge in [-0.15, -0.1) is 0 Å². The van der Waals surface area contributed by atoms with Gasteiger partial charge in [-0.05, 0) is 25.5 Å². The summed E-state index contributed by atoms with van der Waals surface area (Å²) in [4.78, 5) is 38.9. The Kier molecular flexibility index (Phi) is 8.41. The van der Waals surface area contributed by atoms with Crippen LogP contribution in [0.15, 0.2) is 30.3 Å². The molecule has 0 radical (unpaired) electrons. The number of carbonyl (C=O) groups is 3. The molecule has 1 fully saturated rings. The highest BCUT2D eigenvalue weighted by atomic mass is 16.6. The fourth-order valence-corrected chi connectivity index (χ4v) is 2.67. The van der Waals surface area contributed by atoms with Crippen molar-refractivity contribution in [2.24, 2.45) is 0 Å². The summed E-state index contributed by atoms with van der Waals surface area (Å²) in [6, 6.07) is 9.41. The Labute approximate surface area is 159 Å². The Bertz CT molecular complexity index is 615. The Hall–Kier alpha value is -2.77. The first-order valence-corrected chi connectivity index (χ1v) is 9.24. The van der Waals surface area contributed by atoms with Crippen LogP contribution in [0.25, 0.3) is 0 Å². The van der Waals surface area contributed by atoms with E-state index in [1.807, 2.05) is 30.3 Å². The molecular weight excluding hydrogens is 350 g/mol. The van der Waals surface area contributed by atoms with Crippen molar-refractivity contribution < 1.29 is 23.9 Å². The van der Waals surface area contributed by atoms with Gasteiger partial charge in [-0.25, -0.2) is 4.79 Å². The molecule has 0 atom stereocenters. The predicted molar refractivity (Wildman–Crippen MR) is 99.4 cm³/mol. The van der Waals surface area contributed by atoms with E-state index >= 15 is 0 Å². The number of rotatable bonds is 8. The number of piperazine rings is 1. The molecule has 1 aliphatic rings. The van der Waals surface area contributed by atoms with Crippen molar-refractivity contribution in [3.8, 4) is 5.75 Å². The number of benzene rings is 1. The maximum Gasteiger partial charge on any atom is 0.409 e. The first kappa shape index (κ1) is 20.5. The molecule has 0 unspecified atom stereocenters. The fourth-order valence-electron chi connectivity index (χ4n) is 2.67. The van der Waals surface area contributed by atoms with Gasteiger partial charge < -0.3 is 24.6 Å². The molecular formula is C19H27N3O5. The molecule has 148 valence electrons. The second kappa shape index (κ2) is 11.1. The van der Waals surface area contributed by atoms with Gasteiger partial charge in [0.05, 0.1) is 19.8 Å². The Morgan fingerprint density at radius 3 is 2.37 bits per heavy atom. The first-order chi connectivity index (χ1) is 13.1. The Balaban J connectivity index is 1.57. The molecule has 1 heterocycles. The Morgan fingerprint density at radius 1 is 1.04 bits per heavy atom. The van der Waals surface area contributed by atoms with Crippen LogP contribution < -0.4 is 10.1 Å². The van der Waals surface area contributed by atoms with Gasteiger partial charge in [0.15, 0.2) is 0 Å². The SMILES string of the molecule is CCOC(=O)N1CCN(C(=O)CNC(=O)CCCOc2ccccc2)CC1. The number of ether oxygens (including phenoxy) is 2. The van der Waals surface area contributed by atoms with Gasteiger partial charge >= 0.3 is 6.09 Å². The maximum absolute atomic E-state index is 12.2. The normalized spacial score (nSPS) is 13.8. The highest BCUT2D eigenvalue weighted by molar-refractivity contribution is 5.84. The average molecular weight is 377 g/mol. The van der Waals surface area contributed by atoms with Crippen LogP contribution in [0.3, 0.4) is 0 Å². The van der Waals surface area contributed by atoms with E-state index in [0.29, 0.717) is 52.2 Å². The third-order valence-corrected chi connectivity index (χ3v) is 4.16. The van der Waals surface area contributed by atoms with Gasteiger partial charge in [-0.3, -0.25) is 9.59 Å². The summed E-state index contributed by atoms with van der Waals surface area (Å²) in [6.07, 6.45) is 0.528. The average Bonchev–Trinajstić information content (AvgIpc) is 2.70. The lowest BCUT2D eigenvalue weighted by Gasteiger charge is -2.34. The van der Waals surface area contributed by atoms with E-state index < -0.39 is 0 Å². The number of hydrogen-bond donors (Lipinski definition) is 1. The van der Waals surface area contributed by atoms with Gasteiger partial charge in [0.1, 0.15) is 5.75 Å². The number of hydrogen-bond acceptors (Lipinski definition) is 5. The summed E-state index contributed by atoms with van der Waals surface area (Å²) in [6.45, 7) is 4.27. The van der Waals surface area contributed by atoms with E-state index in [1.165, 1.54) is 0 Å². The van der Waals surface area contributed by atoms with Crippen LogP contribution in [0.4, 0.5) is 4.79 Å². The van der Waals surface area contributed by atoms with Crippen LogP contribution in [0.2, 0.25) is 0 Å². The van der Waals surface area contributed by atoms with E-state index in [1.54, 1.807) is 16.7 Å². The van der Waals surface area contributed by atoms with Crippen LogP contribution in [-0.2, 0) is 14.3 Å². The summed E-state index contributed by atoms with van der Waals surface area (Å²) >= 11 is 0. The minimum atomic E-state index is -0.351. The van der Waals surface area contributed by atoms with Crippen molar-refractivity contribution in [1.82, 2.24) is 15.1 Å². The highest BCUT2D eigenvalue weighted by Gasteiger charge is 2.24. The Morgan fingerprint density at radius 2 is 1.70 bits per heavy atom. The summed E-state index contributed by atoms with van der Waals surface area (Å²) in [5, 5.41) is 2.64. The number of nitrogens with one attached hydrogen (secondary N) is 1. The number of nitrogens with zero attached hydrogens (tertiary/aromatic N) is 2. The smallest absolute Gasteiger partial charge is 0.409 e. The maximum atomic E-state index is 12.2. The summed E-state index contributed by atoms with van der Waals surface area (Å²) in [5.41, 5.74) is 0. The molecule has 0 bridgehead atoms. The summed E-state index contributed by atoms with van der Waals surface area (Å²) in [5.74, 6) is 0.451. The van der Waals surface area contributed by atoms with Crippen molar-refractivity contribution in [3.63, 3.8) is 0 Å². The van der Waals surface area contributed by atoms with Crippen molar-refractivity contribution in [2.45, 2.75) is 19.8 Å². The molecule has 8 heteroatoms. The third kappa shape index (κ3) is 7.16. The largest absolute Gasteiger partial charge is 0.494 e. The van der Waals surface area contributed by atoms with E-state index in [-0.39, 0.29) is 24.5 Å². The molecule has 1 N–H and O–H groups in total. The highest BCUT2D eigenvalue weighted by Crippen LogP contribution is 2.09. The molecule has 8 nitrogen and oxygen atoms in total. The number of para-hydroxylation sites is 1. The van der Waals surface area contributed by atoms with Gasteiger partial charge in [0.2, 0.25) is 11.8 Å². The molecule has 1 aromatic carbocycles. The van der Waals surface area contributed by atoms with E-state index in [2.05, 4.69) is 5.32 Å². The van der Waals surface area contributed by atoms with E-state index in [4.69, 9.17) is 9.47 Å². The number of carbonyl (C=O) groups excluding carboxylic acids is 3. The van der Waals surface area contributed by atoms with Crippen molar-refractivity contribution in [1.29, 1.82) is 0 Å². The first-order valence-electron chi connectivity index (χ1n) is 9.24. The molecule has 1 aliphatic heterocycles. The summed E-state index contributed by atoms with van der Waals surface area (Å²) < 4.78 is 10.5. The second-order valence-electron chi connectivity index (χ2n) is 6.11. The molecule has 1 aromatic rings. The van der Waals surface area contributed by atoms with Gasteiger partial charge in [-0.1, -0.05) is 18.2 Å². The lowest BCUT2D eigenvalue weighted by atomic mass is 10.3. The molecule has 27 heavy (non-hydrogen) atoms. The number of amides is 3. The van der Waals surface area contributed by atoms with Crippen molar-refractivity contribution in [3.05, 3.63) is 30.3 Å². The van der Waals surface area contributed by atoms with Crippen molar-refractivity contribution >= 4 is 17.9 Å². The minimum Gasteiger partial charge on any atom is -0.494 e. The molecule has 0 saturated carbocycles. The van der Waals surface area contributed by atoms with Gasteiger partial charge in [-0.2, -0.15) is 0 Å². The molecule has 0 aliphatic carbocycles. The summed E-state index contributed by atoms with van der Waals surface area (Å²) in [7, 11) is 0. The standard InChI is InChI=1S/C19H27N3O5/c1-2-26-19(25)22-12-10-21(11-13-22)18(24)15-20-17(23)9-6-14-27-16-7-4-3-5-8-16/h3-5,7-8H,2,6,9-15H2,1H3,(H,20,23). The third-order valence-electron chi connectivity index (χ3n) is 4.16. The molecule has 3 amide bonds. The topological polar surface area (TPSA) is 88.2 Å². The van der Waals surface area contributed by atoms with Gasteiger partial charge in [0.25, 0.3) is 0 Å². The minimum absolute atomic E-state index is 0.0300. The zero-order valence-corrected chi connectivity index (χ0v) is 15.7. The lowest BCUT2D eigenvalue weighted by Crippen LogP contribution is -2.52. The monoisotopic (exact) mass is 377 g/mol. The zero-order chi connectivity index (χ0) is 19.5. The van der Waals surface area contributed by atoms with Crippen LogP contribution in [0.5, 0.6) is 5.75 Å². The van der Waals surface area contributed by atoms with E-state index in [0.717, 1.165) is 5.75 Å². The molecule has 1 saturated heterocycles. The molecule has 0 spiro atoms. The van der Waals surface area contributed by atoms with Crippen LogP contribution >= 0.6 is 0 Å². The molecule has 0 aromatic heterocycles. The van der Waals surface area contributed by atoms with Gasteiger partial charge in [0, 0.05) is 32.6 Å².